The minimum Gasteiger partial charge on any atom is -1.00 e. The van der Waals surface area contributed by atoms with Crippen molar-refractivity contribution in [2.45, 2.75) is 86.0 Å². The van der Waals surface area contributed by atoms with Crippen LogP contribution >= 0.6 is 0 Å². The van der Waals surface area contributed by atoms with Gasteiger partial charge in [0.25, 0.3) is 0 Å². The van der Waals surface area contributed by atoms with Gasteiger partial charge in [0, 0.05) is 0 Å². The quantitative estimate of drug-likeness (QED) is 0.210. The fourth-order valence-corrected chi connectivity index (χ4v) is 4.05. The molecular formula is C32H43Cl2Zr-3. The smallest absolute Gasteiger partial charge is 1.00 e. The predicted octanol–water partition coefficient (Wildman–Crippen LogP) is 4.48. The molecule has 0 N–H and O–H groups in total. The molecule has 0 aliphatic heterocycles. The standard InChI is InChI=1S/C12H25.2C10H9.2ClH.Zr/c1-4-5-6-7-8-9-10-11-12(2)3;2*1-8-6-9-4-2-3-5-10(9)7-8;;;/h4-11H2,1-3H3;2*2-7H,1H3;2*1H;/q3*-1;;;+2/p-2. The first kappa shape index (κ1) is 36.3. The molecule has 4 aromatic carbocycles. The van der Waals surface area contributed by atoms with Crippen LogP contribution in [0.1, 0.15) is 83.3 Å². The molecule has 0 unspecified atom stereocenters. The predicted molar refractivity (Wildman–Crippen MR) is 146 cm³/mol. The maximum atomic E-state index is 2.27. The summed E-state index contributed by atoms with van der Waals surface area (Å²) in [6.07, 6.45) is 11.3. The van der Waals surface area contributed by atoms with Crippen molar-refractivity contribution in [2.24, 2.45) is 0 Å². The molecule has 0 atom stereocenters. The Bertz CT molecular complexity index is 874. The molecular weight excluding hydrogens is 546 g/mol. The molecule has 0 fully saturated rings. The summed E-state index contributed by atoms with van der Waals surface area (Å²) in [6, 6.07) is 25.7. The molecule has 0 bridgehead atoms. The maximum absolute atomic E-state index is 2.27. The molecule has 0 nitrogen and oxygen atoms in total. The molecule has 0 aliphatic rings. The molecule has 0 saturated heterocycles. The third-order valence-corrected chi connectivity index (χ3v) is 5.81. The summed E-state index contributed by atoms with van der Waals surface area (Å²) in [5.41, 5.74) is 2.70. The van der Waals surface area contributed by atoms with Gasteiger partial charge in [0.05, 0.1) is 0 Å². The summed E-state index contributed by atoms with van der Waals surface area (Å²) in [7, 11) is 0. The fraction of sp³-hybridized carbons (Fsp3) is 0.406. The minimum atomic E-state index is 0. The van der Waals surface area contributed by atoms with E-state index in [1.54, 1.807) is 5.92 Å². The molecule has 4 aromatic rings. The first-order chi connectivity index (χ1) is 15.5. The Morgan fingerprint density at radius 3 is 1.43 bits per heavy atom. The van der Waals surface area contributed by atoms with E-state index in [0.717, 1.165) is 0 Å². The first-order valence-corrected chi connectivity index (χ1v) is 12.5. The third kappa shape index (κ3) is 15.1. The molecule has 0 amide bonds. The molecule has 3 heteroatoms. The molecule has 4 rings (SSSR count). The van der Waals surface area contributed by atoms with Crippen LogP contribution in [0.25, 0.3) is 21.5 Å². The van der Waals surface area contributed by atoms with Gasteiger partial charge in [-0.15, -0.1) is 81.2 Å². The van der Waals surface area contributed by atoms with E-state index in [-0.39, 0.29) is 51.0 Å². The van der Waals surface area contributed by atoms with Crippen LogP contribution in [-0.2, 0) is 26.2 Å². The summed E-state index contributed by atoms with van der Waals surface area (Å²) in [5.74, 6) is 1.59. The van der Waals surface area contributed by atoms with Gasteiger partial charge in [-0.1, -0.05) is 77.8 Å². The summed E-state index contributed by atoms with van der Waals surface area (Å²) >= 11 is 0. The monoisotopic (exact) mass is 587 g/mol. The molecule has 0 saturated carbocycles. The van der Waals surface area contributed by atoms with E-state index in [0.29, 0.717) is 0 Å². The Morgan fingerprint density at radius 1 is 0.629 bits per heavy atom. The Balaban J connectivity index is 0. The van der Waals surface area contributed by atoms with E-state index in [1.165, 1.54) is 84.0 Å². The number of halogens is 2. The topological polar surface area (TPSA) is 0 Å². The van der Waals surface area contributed by atoms with E-state index in [4.69, 9.17) is 0 Å². The van der Waals surface area contributed by atoms with E-state index < -0.39 is 0 Å². The first-order valence-electron chi connectivity index (χ1n) is 12.5. The Morgan fingerprint density at radius 2 is 1.03 bits per heavy atom. The van der Waals surface area contributed by atoms with Gasteiger partial charge in [0.1, 0.15) is 0 Å². The van der Waals surface area contributed by atoms with Crippen LogP contribution in [0.15, 0.2) is 72.8 Å². The van der Waals surface area contributed by atoms with Gasteiger partial charge in [-0.2, -0.15) is 32.4 Å². The van der Waals surface area contributed by atoms with Crippen LogP contribution in [0.5, 0.6) is 0 Å². The van der Waals surface area contributed by atoms with Crippen LogP contribution in [0.4, 0.5) is 0 Å². The van der Waals surface area contributed by atoms with E-state index >= 15 is 0 Å². The van der Waals surface area contributed by atoms with Gasteiger partial charge >= 0.3 is 26.2 Å². The fourth-order valence-electron chi connectivity index (χ4n) is 4.05. The van der Waals surface area contributed by atoms with Crippen molar-refractivity contribution in [1.82, 2.24) is 0 Å². The van der Waals surface area contributed by atoms with Crippen molar-refractivity contribution in [1.29, 1.82) is 0 Å². The maximum Gasteiger partial charge on any atom is 2.00 e. The number of aryl methyl sites for hydroxylation is 2. The molecule has 0 spiro atoms. The number of benzene rings is 2. The van der Waals surface area contributed by atoms with Gasteiger partial charge in [-0.05, 0) is 0 Å². The van der Waals surface area contributed by atoms with Crippen molar-refractivity contribution in [3.8, 4) is 0 Å². The Hall–Kier alpha value is -0.877. The summed E-state index contributed by atoms with van der Waals surface area (Å²) in [4.78, 5) is 0. The summed E-state index contributed by atoms with van der Waals surface area (Å²) < 4.78 is 0. The van der Waals surface area contributed by atoms with Crippen LogP contribution in [0.3, 0.4) is 0 Å². The van der Waals surface area contributed by atoms with E-state index in [1.807, 2.05) is 0 Å². The SMILES string of the molecule is CCCCCCCCC[C-](C)C.Cc1cc2ccccc2[cH-]1.Cc1cc2ccccc2[cH-]1.[Cl-].[Cl-].[Zr+2]. The molecule has 0 heterocycles. The van der Waals surface area contributed by atoms with Crippen LogP contribution < -0.4 is 24.8 Å². The van der Waals surface area contributed by atoms with Gasteiger partial charge in [-0.25, -0.2) is 0 Å². The van der Waals surface area contributed by atoms with Crippen LogP contribution in [-0.4, -0.2) is 0 Å². The van der Waals surface area contributed by atoms with Gasteiger partial charge in [0.2, 0.25) is 0 Å². The van der Waals surface area contributed by atoms with E-state index in [9.17, 15) is 0 Å². The van der Waals surface area contributed by atoms with Gasteiger partial charge in [0.15, 0.2) is 0 Å². The third-order valence-electron chi connectivity index (χ3n) is 5.81. The van der Waals surface area contributed by atoms with Crippen molar-refractivity contribution < 1.29 is 51.0 Å². The molecule has 0 aliphatic carbocycles. The minimum absolute atomic E-state index is 0. The van der Waals surface area contributed by atoms with Gasteiger partial charge in [-0.3, -0.25) is 0 Å². The number of hydrogen-bond donors (Lipinski definition) is 0. The van der Waals surface area contributed by atoms with E-state index in [2.05, 4.69) is 107 Å². The average molecular weight is 590 g/mol. The number of fused-ring (bicyclic) bond motifs is 2. The second-order valence-corrected chi connectivity index (χ2v) is 9.40. The van der Waals surface area contributed by atoms with Gasteiger partial charge < -0.3 is 30.7 Å². The van der Waals surface area contributed by atoms with Crippen LogP contribution in [0.2, 0.25) is 0 Å². The van der Waals surface area contributed by atoms with Crippen molar-refractivity contribution in [3.05, 3.63) is 89.8 Å². The molecule has 35 heavy (non-hydrogen) atoms. The summed E-state index contributed by atoms with van der Waals surface area (Å²) in [6.45, 7) is 11.0. The summed E-state index contributed by atoms with van der Waals surface area (Å²) in [5, 5.41) is 5.39. The Labute approximate surface area is 247 Å². The zero-order chi connectivity index (χ0) is 23.2. The van der Waals surface area contributed by atoms with Crippen molar-refractivity contribution in [3.63, 3.8) is 0 Å². The molecule has 0 aromatic heterocycles. The zero-order valence-corrected chi connectivity index (χ0v) is 26.3. The second kappa shape index (κ2) is 21.2. The number of unbranched alkanes of at least 4 members (excludes halogenated alkanes) is 6. The second-order valence-electron chi connectivity index (χ2n) is 9.40. The largest absolute Gasteiger partial charge is 2.00 e. The Kier molecular flexibility index (Phi) is 22.0. The van der Waals surface area contributed by atoms with Crippen molar-refractivity contribution in [2.75, 3.05) is 0 Å². The van der Waals surface area contributed by atoms with Crippen molar-refractivity contribution >= 4 is 21.5 Å². The normalized spacial score (nSPS) is 9.77. The number of rotatable bonds is 8. The zero-order valence-electron chi connectivity index (χ0n) is 22.3. The average Bonchev–Trinajstić information content (AvgIpc) is 3.34. The molecule has 192 valence electrons. The number of hydrogen-bond acceptors (Lipinski definition) is 0. The molecule has 0 radical (unpaired) electrons. The van der Waals surface area contributed by atoms with Crippen LogP contribution in [0, 0.1) is 19.8 Å².